The van der Waals surface area contributed by atoms with Crippen LogP contribution in [0.1, 0.15) is 194 Å². The number of ether oxygens (including phenoxy) is 2. The van der Waals surface area contributed by atoms with Crippen molar-refractivity contribution >= 4 is 26.1 Å². The largest absolute Gasteiger partial charge is 0.462 e. The standard InChI is InChI=1S/C35H68O5.C2H6NO4P/c1-3-5-7-9-11-13-15-17-19-21-23-25-27-29-34(37)39-32-33(31-36)40-35(38)30-28-26-24-22-20-18-16-14-12-10-8-6-4-2;3-2(4)1-7-8(5)6/h33,36H,3-32H2,1-2H3;8H,1H2,(H2,3,4)(H,5,6)/t33-;/m0./s1. The SMILES string of the molecule is CCCCCCCCCCCCCCCC(=O)OC[C@H](CO)OC(=O)CCCCCCCCCCCCCCC.NC(=O)CO[PH](=O)O. The topological polar surface area (TPSA) is 162 Å². The Kier molecular flexibility index (Phi) is 40.5. The zero-order valence-electron chi connectivity index (χ0n) is 30.8. The quantitative estimate of drug-likeness (QED) is 0.0331. The molecule has 0 aliphatic heterocycles. The van der Waals surface area contributed by atoms with Gasteiger partial charge in [-0.1, -0.05) is 168 Å². The molecule has 10 nitrogen and oxygen atoms in total. The van der Waals surface area contributed by atoms with E-state index in [0.29, 0.717) is 12.8 Å². The van der Waals surface area contributed by atoms with Gasteiger partial charge < -0.3 is 29.7 Å². The lowest BCUT2D eigenvalue weighted by Gasteiger charge is -2.15. The highest BCUT2D eigenvalue weighted by Crippen LogP contribution is 2.15. The van der Waals surface area contributed by atoms with Crippen LogP contribution in [0.4, 0.5) is 0 Å². The van der Waals surface area contributed by atoms with Crippen LogP contribution in [0, 0.1) is 0 Å². The molecule has 0 aromatic heterocycles. The highest BCUT2D eigenvalue weighted by molar-refractivity contribution is 7.32. The summed E-state index contributed by atoms with van der Waals surface area (Å²) in [4.78, 5) is 41.8. The van der Waals surface area contributed by atoms with Crippen molar-refractivity contribution in [2.75, 3.05) is 19.8 Å². The van der Waals surface area contributed by atoms with Crippen LogP contribution in [0.5, 0.6) is 0 Å². The number of primary amides is 1. The maximum atomic E-state index is 12.1. The highest BCUT2D eigenvalue weighted by atomic mass is 31.1. The number of esters is 2. The predicted octanol–water partition coefficient (Wildman–Crippen LogP) is 9.27. The van der Waals surface area contributed by atoms with E-state index in [1.54, 1.807) is 0 Å². The van der Waals surface area contributed by atoms with Crippen LogP contribution in [0.3, 0.4) is 0 Å². The van der Waals surface area contributed by atoms with E-state index in [1.807, 2.05) is 0 Å². The van der Waals surface area contributed by atoms with Crippen molar-refractivity contribution in [3.8, 4) is 0 Å². The average Bonchev–Trinajstić information content (AvgIpc) is 3.06. The highest BCUT2D eigenvalue weighted by Gasteiger charge is 2.16. The molecule has 0 heterocycles. The van der Waals surface area contributed by atoms with Gasteiger partial charge in [0.1, 0.15) is 13.2 Å². The third kappa shape index (κ3) is 42.5. The zero-order valence-corrected chi connectivity index (χ0v) is 31.8. The van der Waals surface area contributed by atoms with Crippen molar-refractivity contribution < 1.29 is 42.9 Å². The molecule has 11 heteroatoms. The van der Waals surface area contributed by atoms with Gasteiger partial charge in [-0.3, -0.25) is 18.9 Å². The van der Waals surface area contributed by atoms with Crippen molar-refractivity contribution in [3.63, 3.8) is 0 Å². The van der Waals surface area contributed by atoms with Gasteiger partial charge in [0.05, 0.1) is 6.61 Å². The molecule has 0 fully saturated rings. The number of rotatable bonds is 35. The molecular formula is C37H74NO9P. The Morgan fingerprint density at radius 2 is 0.917 bits per heavy atom. The predicted molar refractivity (Wildman–Crippen MR) is 195 cm³/mol. The fourth-order valence-electron chi connectivity index (χ4n) is 5.33. The number of carbonyl (C=O) groups excluding carboxylic acids is 3. The lowest BCUT2D eigenvalue weighted by atomic mass is 10.0. The number of nitrogens with two attached hydrogens (primary N) is 1. The lowest BCUT2D eigenvalue weighted by Crippen LogP contribution is -2.28. The van der Waals surface area contributed by atoms with E-state index >= 15 is 0 Å². The summed E-state index contributed by atoms with van der Waals surface area (Å²) in [7, 11) is -2.98. The number of hydrogen-bond donors (Lipinski definition) is 3. The molecule has 4 N–H and O–H groups in total. The van der Waals surface area contributed by atoms with Crippen molar-refractivity contribution in [2.24, 2.45) is 5.73 Å². The molecule has 0 aromatic rings. The monoisotopic (exact) mass is 708 g/mol. The van der Waals surface area contributed by atoms with Gasteiger partial charge in [-0.05, 0) is 12.8 Å². The molecule has 0 bridgehead atoms. The fourth-order valence-corrected chi connectivity index (χ4v) is 5.60. The van der Waals surface area contributed by atoms with Gasteiger partial charge in [0.25, 0.3) is 0 Å². The molecule has 48 heavy (non-hydrogen) atoms. The minimum Gasteiger partial charge on any atom is -0.462 e. The van der Waals surface area contributed by atoms with Crippen molar-refractivity contribution in [2.45, 2.75) is 200 Å². The number of unbranched alkanes of at least 4 members (excludes halogenated alkanes) is 24. The van der Waals surface area contributed by atoms with E-state index in [0.717, 1.165) is 32.1 Å². The summed E-state index contributed by atoms with van der Waals surface area (Å²) in [6.07, 6.45) is 32.9. The summed E-state index contributed by atoms with van der Waals surface area (Å²) < 4.78 is 24.2. The maximum absolute atomic E-state index is 12.1. The average molecular weight is 708 g/mol. The molecule has 0 radical (unpaired) electrons. The van der Waals surface area contributed by atoms with Gasteiger partial charge in [-0.2, -0.15) is 0 Å². The van der Waals surface area contributed by atoms with Crippen LogP contribution in [0.25, 0.3) is 0 Å². The molecule has 0 rings (SSSR count). The second-order valence-electron chi connectivity index (χ2n) is 13.0. The lowest BCUT2D eigenvalue weighted by molar-refractivity contribution is -0.161. The van der Waals surface area contributed by atoms with Gasteiger partial charge in [-0.15, -0.1) is 0 Å². The Morgan fingerprint density at radius 3 is 1.21 bits per heavy atom. The molecule has 0 aliphatic rings. The van der Waals surface area contributed by atoms with Crippen molar-refractivity contribution in [1.82, 2.24) is 0 Å². The summed E-state index contributed by atoms with van der Waals surface area (Å²) in [6.45, 7) is 3.65. The molecule has 2 atom stereocenters. The van der Waals surface area contributed by atoms with Crippen LogP contribution in [0.15, 0.2) is 0 Å². The summed E-state index contributed by atoms with van der Waals surface area (Å²) in [5.74, 6) is -1.33. The minimum atomic E-state index is -2.98. The van der Waals surface area contributed by atoms with E-state index < -0.39 is 26.9 Å². The van der Waals surface area contributed by atoms with E-state index in [4.69, 9.17) is 14.4 Å². The molecule has 0 saturated heterocycles. The van der Waals surface area contributed by atoms with Crippen molar-refractivity contribution in [1.29, 1.82) is 0 Å². The Bertz CT molecular complexity index is 740. The second kappa shape index (κ2) is 40.0. The molecule has 286 valence electrons. The van der Waals surface area contributed by atoms with Gasteiger partial charge >= 0.3 is 20.2 Å². The molecule has 0 aliphatic carbocycles. The molecule has 0 aromatic carbocycles. The Morgan fingerprint density at radius 1 is 0.583 bits per heavy atom. The fraction of sp³-hybridized carbons (Fsp3) is 0.919. The number of aliphatic hydroxyl groups excluding tert-OH is 1. The number of hydrogen-bond acceptors (Lipinski definition) is 8. The Balaban J connectivity index is 0. The van der Waals surface area contributed by atoms with Gasteiger partial charge in [-0.25, -0.2) is 0 Å². The second-order valence-corrected chi connectivity index (χ2v) is 13.8. The molecule has 1 amide bonds. The van der Waals surface area contributed by atoms with Crippen LogP contribution >= 0.6 is 8.25 Å². The number of aliphatic hydroxyl groups is 1. The van der Waals surface area contributed by atoms with Gasteiger partial charge in [0.2, 0.25) is 5.91 Å². The minimum absolute atomic E-state index is 0.0574. The summed E-state index contributed by atoms with van der Waals surface area (Å²) >= 11 is 0. The first kappa shape index (κ1) is 48.6. The van der Waals surface area contributed by atoms with Gasteiger partial charge in [0.15, 0.2) is 6.10 Å². The first-order valence-electron chi connectivity index (χ1n) is 19.4. The van der Waals surface area contributed by atoms with E-state index in [2.05, 4.69) is 24.1 Å². The van der Waals surface area contributed by atoms with Crippen LogP contribution < -0.4 is 5.73 Å². The maximum Gasteiger partial charge on any atom is 0.317 e. The van der Waals surface area contributed by atoms with Crippen LogP contribution in [-0.2, 0) is 32.9 Å². The zero-order chi connectivity index (χ0) is 35.9. The van der Waals surface area contributed by atoms with E-state index in [-0.39, 0.29) is 25.2 Å². The normalized spacial score (nSPS) is 12.2. The first-order chi connectivity index (χ1) is 23.3. The Hall–Kier alpha value is -1.48. The van der Waals surface area contributed by atoms with E-state index in [9.17, 15) is 24.1 Å². The third-order valence-electron chi connectivity index (χ3n) is 8.24. The smallest absolute Gasteiger partial charge is 0.317 e. The molecule has 0 saturated carbocycles. The summed E-state index contributed by atoms with van der Waals surface area (Å²) in [5, 5.41) is 9.50. The molecule has 0 spiro atoms. The van der Waals surface area contributed by atoms with Crippen molar-refractivity contribution in [3.05, 3.63) is 0 Å². The number of amides is 1. The summed E-state index contributed by atoms with van der Waals surface area (Å²) in [5.41, 5.74) is 4.54. The third-order valence-corrected chi connectivity index (χ3v) is 8.63. The molecular weight excluding hydrogens is 633 g/mol. The van der Waals surface area contributed by atoms with Gasteiger partial charge in [0, 0.05) is 12.8 Å². The van der Waals surface area contributed by atoms with Crippen LogP contribution in [0.2, 0.25) is 0 Å². The Labute approximate surface area is 294 Å². The van der Waals surface area contributed by atoms with E-state index in [1.165, 1.54) is 135 Å². The molecule has 1 unspecified atom stereocenters. The summed E-state index contributed by atoms with van der Waals surface area (Å²) in [6, 6.07) is 0. The number of carbonyl (C=O) groups is 3. The van der Waals surface area contributed by atoms with Crippen LogP contribution in [-0.4, -0.2) is 53.8 Å². The first-order valence-corrected chi connectivity index (χ1v) is 20.6.